The number of hydrogen-bond acceptors (Lipinski definition) is 18. The maximum absolute atomic E-state index is 13.7. The number of carbonyl (C=O) groups is 6. The second-order valence-corrected chi connectivity index (χ2v) is 17.3. The smallest absolute Gasteiger partial charge is 0.333 e. The molecule has 7 rings (SSSR count). The molecular formula is C52H48N2O15S. The van der Waals surface area contributed by atoms with Crippen molar-refractivity contribution >= 4 is 57.4 Å². The van der Waals surface area contributed by atoms with E-state index in [1.807, 2.05) is 6.07 Å². The van der Waals surface area contributed by atoms with Gasteiger partial charge in [0.1, 0.15) is 27.8 Å². The molecule has 362 valence electrons. The van der Waals surface area contributed by atoms with Crippen molar-refractivity contribution < 1.29 is 71.8 Å². The van der Waals surface area contributed by atoms with Gasteiger partial charge in [0.25, 0.3) is 0 Å². The lowest BCUT2D eigenvalue weighted by atomic mass is 9.82. The fourth-order valence-electron chi connectivity index (χ4n) is 7.94. The van der Waals surface area contributed by atoms with Gasteiger partial charge in [-0.2, -0.15) is 5.26 Å². The average Bonchev–Trinajstić information content (AvgIpc) is 3.84. The van der Waals surface area contributed by atoms with E-state index in [4.69, 9.17) is 42.9 Å². The number of rotatable bonds is 19. The summed E-state index contributed by atoms with van der Waals surface area (Å²) in [6, 6.07) is 22.7. The van der Waals surface area contributed by atoms with E-state index in [0.717, 1.165) is 28.0 Å². The van der Waals surface area contributed by atoms with Gasteiger partial charge in [-0.3, -0.25) is 19.2 Å². The number of hydrogen-bond donors (Lipinski definition) is 1. The molecule has 4 aromatic carbocycles. The molecule has 17 nitrogen and oxygen atoms in total. The second kappa shape index (κ2) is 23.8. The Morgan fingerprint density at radius 1 is 0.629 bits per heavy atom. The standard InChI is InChI=1S/C52H48N2O15S/c1-3-44(56)65-29-63-41-24-22-40(27-43(41)64-30-66-45(57)4-2)68-51(60)36-13-15-37(16-14-36)52(61)69-42-23-17-32(47-46(42)54-48(70-47)33-7-5-31(28-53)6-8-33)25-26-62-49(58)34-9-11-35(12-10-34)50(59)67-39-20-18-38(55)19-21-39/h3-8,17-24,27,34-37,55H,1-2,9-16,25-26,29-30H2. The summed E-state index contributed by atoms with van der Waals surface area (Å²) in [5, 5.41) is 19.5. The van der Waals surface area contributed by atoms with Crippen molar-refractivity contribution in [1.82, 2.24) is 4.98 Å². The van der Waals surface area contributed by atoms with Crippen LogP contribution in [-0.2, 0) is 49.4 Å². The molecule has 0 unspecified atom stereocenters. The van der Waals surface area contributed by atoms with Crippen LogP contribution >= 0.6 is 11.3 Å². The van der Waals surface area contributed by atoms with Crippen LogP contribution in [0.4, 0.5) is 0 Å². The van der Waals surface area contributed by atoms with E-state index >= 15 is 0 Å². The number of aromatic hydroxyl groups is 1. The van der Waals surface area contributed by atoms with Crippen LogP contribution in [0.3, 0.4) is 0 Å². The Balaban J connectivity index is 0.949. The highest BCUT2D eigenvalue weighted by Gasteiger charge is 2.34. The van der Waals surface area contributed by atoms with Crippen molar-refractivity contribution in [2.75, 3.05) is 20.2 Å². The van der Waals surface area contributed by atoms with Crippen molar-refractivity contribution in [3.05, 3.63) is 115 Å². The topological polar surface area (TPSA) is 233 Å². The lowest BCUT2D eigenvalue weighted by Gasteiger charge is -2.26. The van der Waals surface area contributed by atoms with E-state index in [-0.39, 0.29) is 59.1 Å². The van der Waals surface area contributed by atoms with Crippen LogP contribution in [0.25, 0.3) is 20.8 Å². The van der Waals surface area contributed by atoms with Crippen molar-refractivity contribution in [2.24, 2.45) is 23.7 Å². The fraction of sp³-hybridized carbons (Fsp3) is 0.308. The molecule has 0 saturated heterocycles. The molecule has 18 heteroatoms. The van der Waals surface area contributed by atoms with Crippen LogP contribution in [-0.4, -0.2) is 66.1 Å². The number of esters is 6. The molecule has 1 heterocycles. The van der Waals surface area contributed by atoms with Gasteiger partial charge in [0.05, 0.1) is 46.6 Å². The van der Waals surface area contributed by atoms with Crippen molar-refractivity contribution in [2.45, 2.75) is 57.8 Å². The summed E-state index contributed by atoms with van der Waals surface area (Å²) in [7, 11) is 0. The predicted molar refractivity (Wildman–Crippen MR) is 250 cm³/mol. The molecule has 5 aromatic rings. The van der Waals surface area contributed by atoms with Crippen LogP contribution < -0.4 is 23.7 Å². The lowest BCUT2D eigenvalue weighted by Crippen LogP contribution is -2.30. The maximum Gasteiger partial charge on any atom is 0.333 e. The van der Waals surface area contributed by atoms with E-state index < -0.39 is 49.3 Å². The van der Waals surface area contributed by atoms with Gasteiger partial charge in [-0.15, -0.1) is 11.3 Å². The molecule has 0 bridgehead atoms. The number of aromatic nitrogens is 1. The summed E-state index contributed by atoms with van der Waals surface area (Å²) in [4.78, 5) is 80.8. The van der Waals surface area contributed by atoms with E-state index in [1.54, 1.807) is 30.3 Å². The van der Waals surface area contributed by atoms with Gasteiger partial charge in [0, 0.05) is 30.2 Å². The van der Waals surface area contributed by atoms with E-state index in [1.165, 1.54) is 53.8 Å². The highest BCUT2D eigenvalue weighted by Crippen LogP contribution is 2.40. The van der Waals surface area contributed by atoms with Crippen LogP contribution in [0.1, 0.15) is 62.5 Å². The summed E-state index contributed by atoms with van der Waals surface area (Å²) < 4.78 is 44.4. The first-order valence-corrected chi connectivity index (χ1v) is 23.2. The molecule has 0 radical (unpaired) electrons. The molecule has 2 aliphatic carbocycles. The number of fused-ring (bicyclic) bond motifs is 1. The Hall–Kier alpha value is -8.04. The zero-order chi connectivity index (χ0) is 49.6. The number of nitrogens with zero attached hydrogens (tertiary/aromatic N) is 2. The Labute approximate surface area is 406 Å². The summed E-state index contributed by atoms with van der Waals surface area (Å²) >= 11 is 1.38. The molecule has 2 saturated carbocycles. The fourth-order valence-corrected chi connectivity index (χ4v) is 9.07. The third-order valence-corrected chi connectivity index (χ3v) is 13.0. The molecule has 0 amide bonds. The first-order chi connectivity index (χ1) is 33.9. The first kappa shape index (κ1) is 49.9. The molecule has 1 aromatic heterocycles. The van der Waals surface area contributed by atoms with Crippen molar-refractivity contribution in [1.29, 1.82) is 5.26 Å². The first-order valence-electron chi connectivity index (χ1n) is 22.4. The zero-order valence-corrected chi connectivity index (χ0v) is 38.7. The number of phenolic OH excluding ortho intramolecular Hbond substituents is 1. The van der Waals surface area contributed by atoms with Crippen LogP contribution in [0, 0.1) is 35.0 Å². The molecular weight excluding hydrogens is 925 g/mol. The molecule has 70 heavy (non-hydrogen) atoms. The number of thiazole rings is 1. The maximum atomic E-state index is 13.7. The third kappa shape index (κ3) is 13.1. The van der Waals surface area contributed by atoms with Gasteiger partial charge in [-0.05, 0) is 112 Å². The van der Waals surface area contributed by atoms with Gasteiger partial charge in [0.2, 0.25) is 13.6 Å². The highest BCUT2D eigenvalue weighted by atomic mass is 32.1. The number of phenols is 1. The van der Waals surface area contributed by atoms with Crippen molar-refractivity contribution in [3.8, 4) is 51.1 Å². The van der Waals surface area contributed by atoms with Gasteiger partial charge < -0.3 is 43.0 Å². The van der Waals surface area contributed by atoms with E-state index in [2.05, 4.69) is 19.2 Å². The lowest BCUT2D eigenvalue weighted by molar-refractivity contribution is -0.152. The second-order valence-electron chi connectivity index (χ2n) is 16.3. The summed E-state index contributed by atoms with van der Waals surface area (Å²) in [5.74, 6) is -4.01. The Morgan fingerprint density at radius 3 is 1.71 bits per heavy atom. The number of carbonyl (C=O) groups excluding carboxylic acids is 6. The van der Waals surface area contributed by atoms with Gasteiger partial charge >= 0.3 is 35.8 Å². The van der Waals surface area contributed by atoms with Gasteiger partial charge in [-0.25, -0.2) is 14.6 Å². The SMILES string of the molecule is C=CC(=O)OCOc1ccc(OC(=O)C2CCC(C(=O)Oc3ccc(CCOC(=O)C4CCC(C(=O)Oc5ccc(O)cc5)CC4)c4sc(-c5ccc(C#N)cc5)nc34)CC2)cc1OCOC(=O)C=C. The van der Waals surface area contributed by atoms with Gasteiger partial charge in [-0.1, -0.05) is 31.4 Å². The largest absolute Gasteiger partial charge is 0.508 e. The quantitative estimate of drug-likeness (QED) is 0.0268. The minimum atomic E-state index is -0.733. The average molecular weight is 973 g/mol. The minimum absolute atomic E-state index is 0.0264. The Morgan fingerprint density at radius 2 is 1.14 bits per heavy atom. The molecule has 0 atom stereocenters. The van der Waals surface area contributed by atoms with Crippen LogP contribution in [0.5, 0.6) is 34.5 Å². The normalized spacial score (nSPS) is 17.4. The van der Waals surface area contributed by atoms with Crippen molar-refractivity contribution in [3.63, 3.8) is 0 Å². The molecule has 2 aliphatic rings. The van der Waals surface area contributed by atoms with E-state index in [9.17, 15) is 39.1 Å². The number of ether oxygens (including phenoxy) is 8. The molecule has 0 aliphatic heterocycles. The summed E-state index contributed by atoms with van der Waals surface area (Å²) in [6.45, 7) is 5.74. The molecule has 2 fully saturated rings. The molecule has 0 spiro atoms. The predicted octanol–water partition coefficient (Wildman–Crippen LogP) is 8.49. The number of benzene rings is 4. The van der Waals surface area contributed by atoms with E-state index in [0.29, 0.717) is 79.6 Å². The van der Waals surface area contributed by atoms with Gasteiger partial charge in [0.15, 0.2) is 17.2 Å². The number of nitriles is 1. The molecule has 1 N–H and O–H groups in total. The zero-order valence-electron chi connectivity index (χ0n) is 37.8. The minimum Gasteiger partial charge on any atom is -0.508 e. The highest BCUT2D eigenvalue weighted by molar-refractivity contribution is 7.21. The summed E-state index contributed by atoms with van der Waals surface area (Å²) in [5.41, 5.74) is 2.53. The summed E-state index contributed by atoms with van der Waals surface area (Å²) in [6.07, 6.45) is 5.59. The Kier molecular flexibility index (Phi) is 17.0. The monoisotopic (exact) mass is 972 g/mol. The van der Waals surface area contributed by atoms with Crippen LogP contribution in [0.15, 0.2) is 104 Å². The Bertz CT molecular complexity index is 2780. The third-order valence-electron chi connectivity index (χ3n) is 11.8. The van der Waals surface area contributed by atoms with Crippen LogP contribution in [0.2, 0.25) is 0 Å².